The number of ether oxygens (including phenoxy) is 1. The molecule has 0 aliphatic carbocycles. The SMILES string of the molecule is CC(N)c1ccc(OCc2ccco2)nc1. The van der Waals surface area contributed by atoms with Gasteiger partial charge in [0, 0.05) is 18.3 Å². The summed E-state index contributed by atoms with van der Waals surface area (Å²) < 4.78 is 10.6. The molecule has 0 saturated carbocycles. The van der Waals surface area contributed by atoms with E-state index >= 15 is 0 Å². The van der Waals surface area contributed by atoms with E-state index in [0.29, 0.717) is 12.5 Å². The maximum Gasteiger partial charge on any atom is 0.213 e. The lowest BCUT2D eigenvalue weighted by atomic mass is 10.2. The molecule has 2 aromatic rings. The van der Waals surface area contributed by atoms with E-state index in [1.165, 1.54) is 0 Å². The number of pyridine rings is 1. The topological polar surface area (TPSA) is 61.3 Å². The summed E-state index contributed by atoms with van der Waals surface area (Å²) in [7, 11) is 0. The molecule has 0 aromatic carbocycles. The molecule has 1 unspecified atom stereocenters. The number of nitrogens with two attached hydrogens (primary N) is 1. The number of aromatic nitrogens is 1. The molecule has 0 bridgehead atoms. The zero-order valence-corrected chi connectivity index (χ0v) is 9.09. The number of furan rings is 1. The molecule has 0 amide bonds. The summed E-state index contributed by atoms with van der Waals surface area (Å²) in [5.74, 6) is 1.35. The first-order valence-corrected chi connectivity index (χ1v) is 5.12. The zero-order chi connectivity index (χ0) is 11.4. The Morgan fingerprint density at radius 2 is 2.31 bits per heavy atom. The highest BCUT2D eigenvalue weighted by atomic mass is 16.5. The normalized spacial score (nSPS) is 12.4. The minimum absolute atomic E-state index is 0.00776. The van der Waals surface area contributed by atoms with E-state index in [9.17, 15) is 0 Å². The summed E-state index contributed by atoms with van der Waals surface area (Å²) in [4.78, 5) is 4.16. The summed E-state index contributed by atoms with van der Waals surface area (Å²) >= 11 is 0. The molecule has 0 saturated heterocycles. The Bertz CT molecular complexity index is 421. The number of hydrogen-bond acceptors (Lipinski definition) is 4. The summed E-state index contributed by atoms with van der Waals surface area (Å²) in [6.07, 6.45) is 3.34. The van der Waals surface area contributed by atoms with Crippen LogP contribution in [0.4, 0.5) is 0 Å². The molecule has 1 atom stereocenters. The summed E-state index contributed by atoms with van der Waals surface area (Å²) in [5.41, 5.74) is 6.71. The highest BCUT2D eigenvalue weighted by Crippen LogP contribution is 2.13. The number of nitrogens with zero attached hydrogens (tertiary/aromatic N) is 1. The highest BCUT2D eigenvalue weighted by Gasteiger charge is 2.02. The Morgan fingerprint density at radius 3 is 2.88 bits per heavy atom. The van der Waals surface area contributed by atoms with Crippen LogP contribution in [0.1, 0.15) is 24.3 Å². The predicted molar refractivity (Wildman–Crippen MR) is 59.9 cm³/mol. The number of hydrogen-bond donors (Lipinski definition) is 1. The molecule has 2 heterocycles. The van der Waals surface area contributed by atoms with Crippen molar-refractivity contribution in [3.63, 3.8) is 0 Å². The second-order valence-electron chi connectivity index (χ2n) is 3.59. The van der Waals surface area contributed by atoms with Gasteiger partial charge in [0.2, 0.25) is 5.88 Å². The lowest BCUT2D eigenvalue weighted by Crippen LogP contribution is -2.05. The monoisotopic (exact) mass is 218 g/mol. The molecule has 2 rings (SSSR count). The molecule has 2 aromatic heterocycles. The molecule has 0 aliphatic rings. The van der Waals surface area contributed by atoms with Crippen molar-refractivity contribution in [2.45, 2.75) is 19.6 Å². The summed E-state index contributed by atoms with van der Waals surface area (Å²) in [5, 5.41) is 0. The van der Waals surface area contributed by atoms with Crippen LogP contribution in [-0.4, -0.2) is 4.98 Å². The standard InChI is InChI=1S/C12H14N2O2/c1-9(13)10-4-5-12(14-7-10)16-8-11-3-2-6-15-11/h2-7,9H,8,13H2,1H3. The van der Waals surface area contributed by atoms with E-state index in [4.69, 9.17) is 14.9 Å². The molecule has 84 valence electrons. The van der Waals surface area contributed by atoms with Crippen LogP contribution in [0.5, 0.6) is 5.88 Å². The van der Waals surface area contributed by atoms with E-state index < -0.39 is 0 Å². The molecule has 0 radical (unpaired) electrons. The predicted octanol–water partition coefficient (Wildman–Crippen LogP) is 2.27. The van der Waals surface area contributed by atoms with Gasteiger partial charge in [0.15, 0.2) is 0 Å². The van der Waals surface area contributed by atoms with Crippen molar-refractivity contribution in [3.8, 4) is 5.88 Å². The average molecular weight is 218 g/mol. The third-order valence-electron chi connectivity index (χ3n) is 2.23. The van der Waals surface area contributed by atoms with Crippen LogP contribution in [-0.2, 0) is 6.61 Å². The van der Waals surface area contributed by atoms with Crippen molar-refractivity contribution in [1.29, 1.82) is 0 Å². The van der Waals surface area contributed by atoms with Crippen molar-refractivity contribution < 1.29 is 9.15 Å². The third-order valence-corrected chi connectivity index (χ3v) is 2.23. The van der Waals surface area contributed by atoms with E-state index in [0.717, 1.165) is 11.3 Å². The van der Waals surface area contributed by atoms with Gasteiger partial charge in [-0.3, -0.25) is 0 Å². The van der Waals surface area contributed by atoms with Gasteiger partial charge in [0.05, 0.1) is 6.26 Å². The van der Waals surface area contributed by atoms with Crippen LogP contribution < -0.4 is 10.5 Å². The van der Waals surface area contributed by atoms with Crippen LogP contribution in [0.2, 0.25) is 0 Å². The Balaban J connectivity index is 1.95. The van der Waals surface area contributed by atoms with Crippen LogP contribution in [0.25, 0.3) is 0 Å². The first-order valence-electron chi connectivity index (χ1n) is 5.12. The van der Waals surface area contributed by atoms with E-state index in [-0.39, 0.29) is 6.04 Å². The second-order valence-corrected chi connectivity index (χ2v) is 3.59. The molecule has 0 spiro atoms. The zero-order valence-electron chi connectivity index (χ0n) is 9.09. The summed E-state index contributed by atoms with van der Waals surface area (Å²) in [6.45, 7) is 2.30. The van der Waals surface area contributed by atoms with Crippen LogP contribution >= 0.6 is 0 Å². The van der Waals surface area contributed by atoms with Crippen LogP contribution in [0.15, 0.2) is 41.1 Å². The van der Waals surface area contributed by atoms with Gasteiger partial charge in [-0.15, -0.1) is 0 Å². The van der Waals surface area contributed by atoms with Crippen molar-refractivity contribution in [2.75, 3.05) is 0 Å². The molecular formula is C12H14N2O2. The Hall–Kier alpha value is -1.81. The fourth-order valence-corrected chi connectivity index (χ4v) is 1.29. The first kappa shape index (κ1) is 10.7. The van der Waals surface area contributed by atoms with Gasteiger partial charge >= 0.3 is 0 Å². The largest absolute Gasteiger partial charge is 0.469 e. The van der Waals surface area contributed by atoms with Crippen LogP contribution in [0, 0.1) is 0 Å². The average Bonchev–Trinajstić information content (AvgIpc) is 2.80. The Morgan fingerprint density at radius 1 is 1.44 bits per heavy atom. The van der Waals surface area contributed by atoms with Gasteiger partial charge in [0.1, 0.15) is 12.4 Å². The number of rotatable bonds is 4. The lowest BCUT2D eigenvalue weighted by molar-refractivity contribution is 0.260. The maximum absolute atomic E-state index is 5.72. The second kappa shape index (κ2) is 4.81. The fraction of sp³-hybridized carbons (Fsp3) is 0.250. The lowest BCUT2D eigenvalue weighted by Gasteiger charge is -2.06. The van der Waals surface area contributed by atoms with Gasteiger partial charge in [0.25, 0.3) is 0 Å². The third kappa shape index (κ3) is 2.61. The minimum atomic E-state index is -0.00776. The quantitative estimate of drug-likeness (QED) is 0.855. The van der Waals surface area contributed by atoms with Gasteiger partial charge in [-0.25, -0.2) is 4.98 Å². The van der Waals surface area contributed by atoms with E-state index in [2.05, 4.69) is 4.98 Å². The van der Waals surface area contributed by atoms with Crippen molar-refractivity contribution in [1.82, 2.24) is 4.98 Å². The molecule has 4 nitrogen and oxygen atoms in total. The van der Waals surface area contributed by atoms with Gasteiger partial charge in [-0.2, -0.15) is 0 Å². The first-order chi connectivity index (χ1) is 7.75. The van der Waals surface area contributed by atoms with Crippen LogP contribution in [0.3, 0.4) is 0 Å². The summed E-state index contributed by atoms with van der Waals surface area (Å²) in [6, 6.07) is 7.39. The molecular weight excluding hydrogens is 204 g/mol. The molecule has 2 N–H and O–H groups in total. The molecule has 16 heavy (non-hydrogen) atoms. The van der Waals surface area contributed by atoms with E-state index in [1.54, 1.807) is 12.5 Å². The maximum atomic E-state index is 5.72. The van der Waals surface area contributed by atoms with Gasteiger partial charge in [-0.1, -0.05) is 6.07 Å². The Labute approximate surface area is 94.1 Å². The minimum Gasteiger partial charge on any atom is -0.469 e. The van der Waals surface area contributed by atoms with E-state index in [1.807, 2.05) is 31.2 Å². The Kier molecular flexibility index (Phi) is 3.22. The van der Waals surface area contributed by atoms with Crippen molar-refractivity contribution in [2.24, 2.45) is 5.73 Å². The molecule has 4 heteroatoms. The molecule has 0 fully saturated rings. The smallest absolute Gasteiger partial charge is 0.213 e. The fourth-order valence-electron chi connectivity index (χ4n) is 1.29. The van der Waals surface area contributed by atoms with Gasteiger partial charge in [-0.05, 0) is 24.6 Å². The highest BCUT2D eigenvalue weighted by molar-refractivity contribution is 5.20. The van der Waals surface area contributed by atoms with Crippen molar-refractivity contribution >= 4 is 0 Å². The van der Waals surface area contributed by atoms with Gasteiger partial charge < -0.3 is 14.9 Å². The molecule has 0 aliphatic heterocycles. The van der Waals surface area contributed by atoms with Crippen molar-refractivity contribution in [3.05, 3.63) is 48.0 Å².